The van der Waals surface area contributed by atoms with E-state index in [1.165, 1.54) is 88.5 Å². The van der Waals surface area contributed by atoms with E-state index in [1.807, 2.05) is 0 Å². The lowest BCUT2D eigenvalue weighted by atomic mass is 9.80. The van der Waals surface area contributed by atoms with E-state index in [4.69, 9.17) is 4.74 Å². The molecule has 0 spiro atoms. The van der Waals surface area contributed by atoms with Crippen LogP contribution in [0, 0.1) is 0 Å². The second-order valence-electron chi connectivity index (χ2n) is 15.2. The fraction of sp³-hybridized carbons (Fsp3) is 0.0566. The Balaban J connectivity index is 1.15. The molecule has 11 rings (SSSR count). The first-order valence-corrected chi connectivity index (χ1v) is 18.8. The average Bonchev–Trinajstić information content (AvgIpc) is 3.47. The van der Waals surface area contributed by atoms with Gasteiger partial charge in [-0.25, -0.2) is 0 Å². The lowest BCUT2D eigenvalue weighted by Crippen LogP contribution is -2.15. The Kier molecular flexibility index (Phi) is 6.66. The molecule has 254 valence electrons. The lowest BCUT2D eigenvalue weighted by molar-refractivity contribution is 0.487. The topological polar surface area (TPSA) is 9.23 Å². The van der Waals surface area contributed by atoms with Crippen LogP contribution >= 0.6 is 0 Å². The van der Waals surface area contributed by atoms with Crippen molar-refractivity contribution < 1.29 is 4.74 Å². The summed E-state index contributed by atoms with van der Waals surface area (Å²) in [5, 5.41) is 4.92. The van der Waals surface area contributed by atoms with Gasteiger partial charge in [-0.3, -0.25) is 0 Å². The molecule has 1 nitrogen and oxygen atoms in total. The molecule has 0 saturated heterocycles. The molecule has 2 aliphatic rings. The van der Waals surface area contributed by atoms with Crippen molar-refractivity contribution >= 4 is 21.5 Å². The van der Waals surface area contributed by atoms with E-state index in [-0.39, 0.29) is 5.41 Å². The smallest absolute Gasteiger partial charge is 0.135 e. The van der Waals surface area contributed by atoms with Crippen LogP contribution in [0.1, 0.15) is 25.0 Å². The molecule has 0 N–H and O–H groups in total. The van der Waals surface area contributed by atoms with Crippen LogP contribution in [0.2, 0.25) is 0 Å². The van der Waals surface area contributed by atoms with Crippen LogP contribution in [0.4, 0.5) is 0 Å². The third-order valence-corrected chi connectivity index (χ3v) is 11.8. The monoisotopic (exact) mass is 688 g/mol. The van der Waals surface area contributed by atoms with E-state index in [1.54, 1.807) is 0 Å². The summed E-state index contributed by atoms with van der Waals surface area (Å²) in [5.74, 6) is 1.79. The Morgan fingerprint density at radius 2 is 0.944 bits per heavy atom. The van der Waals surface area contributed by atoms with Crippen LogP contribution in [0.25, 0.3) is 88.3 Å². The van der Waals surface area contributed by atoms with Gasteiger partial charge in [-0.1, -0.05) is 153 Å². The predicted molar refractivity (Wildman–Crippen MR) is 226 cm³/mol. The van der Waals surface area contributed by atoms with E-state index in [9.17, 15) is 0 Å². The summed E-state index contributed by atoms with van der Waals surface area (Å²) in [7, 11) is 0. The maximum atomic E-state index is 6.65. The van der Waals surface area contributed by atoms with Gasteiger partial charge >= 0.3 is 0 Å². The number of fused-ring (bicyclic) bond motifs is 7. The van der Waals surface area contributed by atoms with Crippen molar-refractivity contribution in [3.63, 3.8) is 0 Å². The quantitative estimate of drug-likeness (QED) is 0.179. The van der Waals surface area contributed by atoms with Crippen LogP contribution in [-0.2, 0) is 5.41 Å². The minimum absolute atomic E-state index is 0.114. The molecule has 1 aliphatic carbocycles. The van der Waals surface area contributed by atoms with Crippen molar-refractivity contribution in [3.05, 3.63) is 193 Å². The summed E-state index contributed by atoms with van der Waals surface area (Å²) < 4.78 is 6.65. The van der Waals surface area contributed by atoms with Crippen LogP contribution < -0.4 is 4.74 Å². The zero-order valence-corrected chi connectivity index (χ0v) is 30.2. The standard InChI is InChI=1S/C53H36O/c1-53(2)47-23-12-11-20-44(47)51-42-19-10-9-18-40(42)45(32-48(51)53)38-29-36(34-16-7-4-8-17-34)28-37(30-38)39-25-27-50-52-41(39)21-13-22-43(52)46-31-35(24-26-49(46)54-50)33-14-5-3-6-15-33/h3-32H,1-2H3. The number of rotatable bonds is 4. The fourth-order valence-corrected chi connectivity index (χ4v) is 9.22. The van der Waals surface area contributed by atoms with Gasteiger partial charge in [0.1, 0.15) is 11.5 Å². The molecule has 0 bridgehead atoms. The first kappa shape index (κ1) is 30.9. The van der Waals surface area contributed by atoms with Crippen molar-refractivity contribution in [2.75, 3.05) is 0 Å². The molecule has 0 fully saturated rings. The van der Waals surface area contributed by atoms with Crippen LogP contribution in [0.15, 0.2) is 182 Å². The van der Waals surface area contributed by atoms with Crippen molar-refractivity contribution in [2.45, 2.75) is 19.3 Å². The summed E-state index contributed by atoms with van der Waals surface area (Å²) in [4.78, 5) is 0. The highest BCUT2D eigenvalue weighted by atomic mass is 16.5. The van der Waals surface area contributed by atoms with Crippen molar-refractivity contribution in [3.8, 4) is 78.3 Å². The Morgan fingerprint density at radius 3 is 1.74 bits per heavy atom. The minimum atomic E-state index is -0.114. The lowest BCUT2D eigenvalue weighted by Gasteiger charge is -2.24. The second-order valence-corrected chi connectivity index (χ2v) is 15.2. The van der Waals surface area contributed by atoms with E-state index in [2.05, 4.69) is 196 Å². The predicted octanol–water partition coefficient (Wildman–Crippen LogP) is 14.7. The SMILES string of the molecule is CC1(C)c2ccccc2-c2c1cc(-c1cc(-c3ccccc3)cc(-c3ccc4c5c(cccc35)-c3cc(-c5ccccc5)ccc3O4)c1)c1ccccc21. The molecule has 0 aromatic heterocycles. The zero-order chi connectivity index (χ0) is 36.0. The molecule has 0 atom stereocenters. The van der Waals surface area contributed by atoms with Gasteiger partial charge in [0.2, 0.25) is 0 Å². The highest BCUT2D eigenvalue weighted by Crippen LogP contribution is 2.54. The normalized spacial score (nSPS) is 13.3. The van der Waals surface area contributed by atoms with Crippen molar-refractivity contribution in [1.29, 1.82) is 0 Å². The Morgan fingerprint density at radius 1 is 0.333 bits per heavy atom. The number of hydrogen-bond donors (Lipinski definition) is 0. The number of benzene rings is 9. The maximum Gasteiger partial charge on any atom is 0.135 e. The molecule has 0 saturated carbocycles. The third-order valence-electron chi connectivity index (χ3n) is 11.8. The van der Waals surface area contributed by atoms with Gasteiger partial charge in [0, 0.05) is 16.4 Å². The van der Waals surface area contributed by atoms with Gasteiger partial charge in [-0.05, 0) is 131 Å². The number of ether oxygens (including phenoxy) is 1. The first-order valence-electron chi connectivity index (χ1n) is 18.8. The first-order chi connectivity index (χ1) is 26.5. The van der Waals surface area contributed by atoms with Crippen molar-refractivity contribution in [1.82, 2.24) is 0 Å². The molecule has 0 radical (unpaired) electrons. The molecule has 0 amide bonds. The van der Waals surface area contributed by atoms with Crippen LogP contribution in [0.3, 0.4) is 0 Å². The van der Waals surface area contributed by atoms with Gasteiger partial charge in [0.25, 0.3) is 0 Å². The van der Waals surface area contributed by atoms with Crippen molar-refractivity contribution in [2.24, 2.45) is 0 Å². The molecule has 54 heavy (non-hydrogen) atoms. The zero-order valence-electron chi connectivity index (χ0n) is 30.2. The summed E-state index contributed by atoms with van der Waals surface area (Å²) in [6.07, 6.45) is 0. The van der Waals surface area contributed by atoms with Gasteiger partial charge < -0.3 is 4.74 Å². The molecule has 9 aromatic rings. The summed E-state index contributed by atoms with van der Waals surface area (Å²) in [6, 6.07) is 66.6. The molecular formula is C53H36O. The largest absolute Gasteiger partial charge is 0.456 e. The van der Waals surface area contributed by atoms with Crippen LogP contribution in [0.5, 0.6) is 11.5 Å². The molecule has 0 unspecified atom stereocenters. The molecule has 9 aromatic carbocycles. The number of hydrogen-bond acceptors (Lipinski definition) is 1. The Labute approximate surface area is 315 Å². The van der Waals surface area contributed by atoms with E-state index >= 15 is 0 Å². The van der Waals surface area contributed by atoms with Gasteiger partial charge in [-0.15, -0.1) is 0 Å². The highest BCUT2D eigenvalue weighted by Gasteiger charge is 2.37. The van der Waals surface area contributed by atoms with E-state index in [0.29, 0.717) is 0 Å². The van der Waals surface area contributed by atoms with Crippen LogP contribution in [-0.4, -0.2) is 0 Å². The second kappa shape index (κ2) is 11.7. The van der Waals surface area contributed by atoms with Gasteiger partial charge in [0.15, 0.2) is 0 Å². The summed E-state index contributed by atoms with van der Waals surface area (Å²) >= 11 is 0. The van der Waals surface area contributed by atoms with E-state index < -0.39 is 0 Å². The van der Waals surface area contributed by atoms with Gasteiger partial charge in [0.05, 0.1) is 0 Å². The molecule has 1 aliphatic heterocycles. The average molecular weight is 689 g/mol. The molecular weight excluding hydrogens is 653 g/mol. The molecule has 1 heteroatoms. The maximum absolute atomic E-state index is 6.65. The molecule has 1 heterocycles. The fourth-order valence-electron chi connectivity index (χ4n) is 9.22. The van der Waals surface area contributed by atoms with Gasteiger partial charge in [-0.2, -0.15) is 0 Å². The summed E-state index contributed by atoms with van der Waals surface area (Å²) in [6.45, 7) is 4.75. The van der Waals surface area contributed by atoms with E-state index in [0.717, 1.165) is 22.4 Å². The minimum Gasteiger partial charge on any atom is -0.456 e. The Hall–Kier alpha value is -6.70. The summed E-state index contributed by atoms with van der Waals surface area (Å²) in [5.41, 5.74) is 17.3. The highest BCUT2D eigenvalue weighted by molar-refractivity contribution is 6.12. The Bertz CT molecular complexity index is 2970. The third kappa shape index (κ3) is 4.58.